The summed E-state index contributed by atoms with van der Waals surface area (Å²) in [5.74, 6) is 0. The highest BCUT2D eigenvalue weighted by Crippen LogP contribution is 2.41. The molecule has 9 aromatic rings. The normalized spacial score (nSPS) is 11.1. The van der Waals surface area contributed by atoms with E-state index in [9.17, 15) is 10.5 Å². The molecule has 0 aliphatic carbocycles. The maximum Gasteiger partial charge on any atom is 0.189 e. The van der Waals surface area contributed by atoms with Crippen molar-refractivity contribution in [3.8, 4) is 45.8 Å². The maximum absolute atomic E-state index is 10.4. The van der Waals surface area contributed by atoms with E-state index in [-0.39, 0.29) is 0 Å². The van der Waals surface area contributed by atoms with Gasteiger partial charge < -0.3 is 9.13 Å². The fourth-order valence-corrected chi connectivity index (χ4v) is 7.43. The monoisotopic (exact) mass is 635 g/mol. The van der Waals surface area contributed by atoms with E-state index in [0.717, 1.165) is 77.2 Å². The highest BCUT2D eigenvalue weighted by atomic mass is 15.0. The van der Waals surface area contributed by atoms with Crippen molar-refractivity contribution in [3.05, 3.63) is 174 Å². The molecule has 0 saturated heterocycles. The van der Waals surface area contributed by atoms with Crippen LogP contribution in [0.2, 0.25) is 0 Å². The first-order valence-corrected chi connectivity index (χ1v) is 16.3. The molecular weight excluding hydrogens is 611 g/mol. The van der Waals surface area contributed by atoms with Gasteiger partial charge in [0.05, 0.1) is 51.7 Å². The summed E-state index contributed by atoms with van der Waals surface area (Å²) in [6.45, 7) is 7.68. The average molecular weight is 636 g/mol. The van der Waals surface area contributed by atoms with Gasteiger partial charge in [0, 0.05) is 32.6 Å². The molecule has 0 bridgehead atoms. The van der Waals surface area contributed by atoms with Crippen LogP contribution in [0.25, 0.3) is 82.1 Å². The quantitative estimate of drug-likeness (QED) is 0.181. The molecule has 50 heavy (non-hydrogen) atoms. The number of benzene rings is 7. The number of fused-ring (bicyclic) bond motifs is 6. The number of hydrogen-bond donors (Lipinski definition) is 0. The van der Waals surface area contributed by atoms with Gasteiger partial charge >= 0.3 is 0 Å². The Morgan fingerprint density at radius 2 is 1.08 bits per heavy atom. The van der Waals surface area contributed by atoms with Gasteiger partial charge in [0.15, 0.2) is 5.69 Å². The molecule has 0 unspecified atom stereocenters. The van der Waals surface area contributed by atoms with Crippen LogP contribution in [0.15, 0.2) is 152 Å². The Kier molecular flexibility index (Phi) is 6.56. The molecule has 230 valence electrons. The van der Waals surface area contributed by atoms with Gasteiger partial charge in [-0.05, 0) is 71.3 Å². The second-order valence-corrected chi connectivity index (χ2v) is 12.3. The van der Waals surface area contributed by atoms with Gasteiger partial charge in [-0.15, -0.1) is 0 Å². The summed E-state index contributed by atoms with van der Waals surface area (Å²) in [5, 5.41) is 24.3. The predicted molar refractivity (Wildman–Crippen MR) is 202 cm³/mol. The molecule has 0 aliphatic rings. The maximum atomic E-state index is 10.4. The molecule has 0 aliphatic heterocycles. The summed E-state index contributed by atoms with van der Waals surface area (Å²) in [5.41, 5.74) is 11.6. The molecular formula is C45H25N5. The first-order valence-electron chi connectivity index (χ1n) is 16.3. The second kappa shape index (κ2) is 11.4. The molecule has 9 rings (SSSR count). The Morgan fingerprint density at radius 3 is 1.82 bits per heavy atom. The summed E-state index contributed by atoms with van der Waals surface area (Å²) >= 11 is 0. The molecule has 0 saturated carbocycles. The van der Waals surface area contributed by atoms with Crippen molar-refractivity contribution < 1.29 is 0 Å². The van der Waals surface area contributed by atoms with Crippen LogP contribution in [0.4, 0.5) is 5.69 Å². The molecule has 0 N–H and O–H groups in total. The van der Waals surface area contributed by atoms with Gasteiger partial charge in [-0.3, -0.25) is 0 Å². The number of nitrogens with zero attached hydrogens (tertiary/aromatic N) is 5. The molecule has 7 aromatic carbocycles. The summed E-state index contributed by atoms with van der Waals surface area (Å²) in [4.78, 5) is 3.71. The van der Waals surface area contributed by atoms with E-state index in [2.05, 4.69) is 98.9 Å². The topological polar surface area (TPSA) is 61.8 Å². The van der Waals surface area contributed by atoms with E-state index in [4.69, 9.17) is 6.57 Å². The van der Waals surface area contributed by atoms with Crippen molar-refractivity contribution in [2.75, 3.05) is 0 Å². The SMILES string of the molecule is [C-]#[N+]c1ccc2c3ccccc3n(-c3cc(-c4ccccc4-c4ccccc4-n4c5ccccc5c5cc(C#N)ccc54)ccc3C#N)c2c1. The molecule has 0 spiro atoms. The van der Waals surface area contributed by atoms with Crippen molar-refractivity contribution in [1.29, 1.82) is 10.5 Å². The molecule has 2 aromatic heterocycles. The zero-order chi connectivity index (χ0) is 33.8. The Morgan fingerprint density at radius 1 is 0.460 bits per heavy atom. The van der Waals surface area contributed by atoms with Gasteiger partial charge in [-0.2, -0.15) is 10.5 Å². The van der Waals surface area contributed by atoms with Crippen LogP contribution in [-0.4, -0.2) is 9.13 Å². The molecule has 5 heteroatoms. The van der Waals surface area contributed by atoms with Gasteiger partial charge in [0.25, 0.3) is 0 Å². The minimum absolute atomic E-state index is 0.546. The third-order valence-electron chi connectivity index (χ3n) is 9.62. The summed E-state index contributed by atoms with van der Waals surface area (Å²) in [6.07, 6.45) is 0. The second-order valence-electron chi connectivity index (χ2n) is 12.3. The van der Waals surface area contributed by atoms with E-state index in [1.807, 2.05) is 78.9 Å². The van der Waals surface area contributed by atoms with Crippen molar-refractivity contribution in [3.63, 3.8) is 0 Å². The standard InChI is InChI=1S/C45H25N5/c1-48-32-21-22-38-36-13-5-8-16-41(36)50(45(38)26-32)44-25-30(19-20-31(44)28-47)33-10-2-3-11-34(33)35-12-4-7-15-40(35)49-42-17-9-6-14-37(42)39-24-29(27-46)18-23-43(39)49/h2-26H. The number of para-hydroxylation sites is 3. The Balaban J connectivity index is 1.29. The molecule has 0 radical (unpaired) electrons. The van der Waals surface area contributed by atoms with Crippen molar-refractivity contribution in [1.82, 2.24) is 9.13 Å². The minimum atomic E-state index is 0.546. The van der Waals surface area contributed by atoms with Gasteiger partial charge in [-0.1, -0.05) is 97.1 Å². The summed E-state index contributed by atoms with van der Waals surface area (Å²) in [7, 11) is 0. The number of hydrogen-bond acceptors (Lipinski definition) is 2. The van der Waals surface area contributed by atoms with Crippen LogP contribution >= 0.6 is 0 Å². The van der Waals surface area contributed by atoms with Gasteiger partial charge in [0.1, 0.15) is 6.07 Å². The Labute approximate surface area is 288 Å². The van der Waals surface area contributed by atoms with E-state index in [1.54, 1.807) is 0 Å². The molecule has 0 amide bonds. The first-order chi connectivity index (χ1) is 24.7. The number of aromatic nitrogens is 2. The fourth-order valence-electron chi connectivity index (χ4n) is 7.43. The molecule has 0 fully saturated rings. The molecule has 0 atom stereocenters. The third kappa shape index (κ3) is 4.31. The van der Waals surface area contributed by atoms with E-state index < -0.39 is 0 Å². The molecule has 2 heterocycles. The minimum Gasteiger partial charge on any atom is -0.309 e. The number of rotatable bonds is 4. The van der Waals surface area contributed by atoms with E-state index in [1.165, 1.54) is 0 Å². The van der Waals surface area contributed by atoms with E-state index in [0.29, 0.717) is 16.8 Å². The highest BCUT2D eigenvalue weighted by Gasteiger charge is 2.20. The number of nitriles is 2. The Bertz CT molecular complexity index is 2970. The first kappa shape index (κ1) is 28.8. The van der Waals surface area contributed by atoms with Crippen molar-refractivity contribution in [2.45, 2.75) is 0 Å². The zero-order valence-electron chi connectivity index (χ0n) is 26.7. The lowest BCUT2D eigenvalue weighted by Crippen LogP contribution is -2.00. The van der Waals surface area contributed by atoms with Crippen LogP contribution < -0.4 is 0 Å². The lowest BCUT2D eigenvalue weighted by atomic mass is 9.92. The van der Waals surface area contributed by atoms with E-state index >= 15 is 0 Å². The summed E-state index contributed by atoms with van der Waals surface area (Å²) in [6, 6.07) is 55.7. The van der Waals surface area contributed by atoms with Crippen molar-refractivity contribution >= 4 is 49.3 Å². The lowest BCUT2D eigenvalue weighted by molar-refractivity contribution is 1.17. The van der Waals surface area contributed by atoms with Crippen LogP contribution in [0, 0.1) is 29.2 Å². The fraction of sp³-hybridized carbons (Fsp3) is 0. The lowest BCUT2D eigenvalue weighted by Gasteiger charge is -2.18. The largest absolute Gasteiger partial charge is 0.309 e. The van der Waals surface area contributed by atoms with Crippen LogP contribution in [0.1, 0.15) is 11.1 Å². The third-order valence-corrected chi connectivity index (χ3v) is 9.62. The highest BCUT2D eigenvalue weighted by molar-refractivity contribution is 6.11. The van der Waals surface area contributed by atoms with Crippen molar-refractivity contribution in [2.24, 2.45) is 0 Å². The smallest absolute Gasteiger partial charge is 0.189 e. The van der Waals surface area contributed by atoms with Gasteiger partial charge in [-0.25, -0.2) is 4.85 Å². The Hall–Kier alpha value is -7.39. The van der Waals surface area contributed by atoms with Gasteiger partial charge in [0.2, 0.25) is 0 Å². The predicted octanol–water partition coefficient (Wildman–Crippen LogP) is 11.5. The molecule has 5 nitrogen and oxygen atoms in total. The van der Waals surface area contributed by atoms with Crippen LogP contribution in [-0.2, 0) is 0 Å². The zero-order valence-corrected chi connectivity index (χ0v) is 26.7. The summed E-state index contributed by atoms with van der Waals surface area (Å²) < 4.78 is 4.40. The van der Waals surface area contributed by atoms with Crippen LogP contribution in [0.3, 0.4) is 0 Å². The van der Waals surface area contributed by atoms with Crippen LogP contribution in [0.5, 0.6) is 0 Å². The average Bonchev–Trinajstić information content (AvgIpc) is 3.69.